The molecule has 8 heteroatoms. The van der Waals surface area contributed by atoms with Crippen LogP contribution in [0.15, 0.2) is 47.4 Å². The zero-order valence-corrected chi connectivity index (χ0v) is 13.6. The molecule has 1 aromatic heterocycles. The van der Waals surface area contributed by atoms with Gasteiger partial charge >= 0.3 is 0 Å². The summed E-state index contributed by atoms with van der Waals surface area (Å²) in [7, 11) is 0. The summed E-state index contributed by atoms with van der Waals surface area (Å²) < 4.78 is 0. The molecular formula is C17H18N4O4. The smallest absolute Gasteiger partial charge is 0.286 e. The summed E-state index contributed by atoms with van der Waals surface area (Å²) >= 11 is 0. The maximum Gasteiger partial charge on any atom is 0.286 e. The van der Waals surface area contributed by atoms with Crippen molar-refractivity contribution in [2.45, 2.75) is 6.54 Å². The van der Waals surface area contributed by atoms with Crippen LogP contribution >= 0.6 is 0 Å². The third-order valence-electron chi connectivity index (χ3n) is 4.24. The molecule has 1 aliphatic rings. The van der Waals surface area contributed by atoms with Gasteiger partial charge in [0.2, 0.25) is 0 Å². The first kappa shape index (κ1) is 16.8. The lowest BCUT2D eigenvalue weighted by Crippen LogP contribution is -2.49. The van der Waals surface area contributed by atoms with Crippen LogP contribution in [0, 0.1) is 10.1 Å². The first-order chi connectivity index (χ1) is 12.0. The van der Waals surface area contributed by atoms with Gasteiger partial charge in [0.1, 0.15) is 5.56 Å². The summed E-state index contributed by atoms with van der Waals surface area (Å²) in [4.78, 5) is 40.6. The molecule has 0 bridgehead atoms. The molecule has 0 saturated carbocycles. The summed E-state index contributed by atoms with van der Waals surface area (Å²) in [5, 5.41) is 10.8. The van der Waals surface area contributed by atoms with Crippen LogP contribution in [0.25, 0.3) is 0 Å². The molecule has 3 rings (SSSR count). The van der Waals surface area contributed by atoms with Gasteiger partial charge in [0.15, 0.2) is 0 Å². The number of carbonyl (C=O) groups excluding carboxylic acids is 1. The minimum atomic E-state index is -0.634. The van der Waals surface area contributed by atoms with Gasteiger partial charge in [0.05, 0.1) is 11.1 Å². The van der Waals surface area contributed by atoms with Crippen molar-refractivity contribution in [2.75, 3.05) is 26.2 Å². The molecule has 1 aliphatic heterocycles. The molecule has 0 spiro atoms. The van der Waals surface area contributed by atoms with Crippen molar-refractivity contribution in [3.05, 3.63) is 74.2 Å². The van der Waals surface area contributed by atoms with Crippen molar-refractivity contribution in [1.82, 2.24) is 14.8 Å². The van der Waals surface area contributed by atoms with Gasteiger partial charge in [-0.2, -0.15) is 0 Å². The van der Waals surface area contributed by atoms with Crippen LogP contribution in [0.4, 0.5) is 5.69 Å². The van der Waals surface area contributed by atoms with E-state index in [1.54, 1.807) is 4.90 Å². The topological polar surface area (TPSA) is 99.5 Å². The fourth-order valence-corrected chi connectivity index (χ4v) is 2.86. The third-order valence-corrected chi connectivity index (χ3v) is 4.24. The largest absolute Gasteiger partial charge is 0.336 e. The molecule has 1 amide bonds. The molecule has 1 saturated heterocycles. The Morgan fingerprint density at radius 1 is 1.16 bits per heavy atom. The predicted molar refractivity (Wildman–Crippen MR) is 91.3 cm³/mol. The lowest BCUT2D eigenvalue weighted by atomic mass is 10.1. The molecule has 2 heterocycles. The van der Waals surface area contributed by atoms with Gasteiger partial charge in [-0.05, 0) is 5.56 Å². The Hall–Kier alpha value is -3.00. The number of hydrogen-bond donors (Lipinski definition) is 1. The lowest BCUT2D eigenvalue weighted by Gasteiger charge is -2.34. The summed E-state index contributed by atoms with van der Waals surface area (Å²) in [6, 6.07) is 11.1. The molecule has 0 radical (unpaired) electrons. The van der Waals surface area contributed by atoms with Crippen molar-refractivity contribution in [1.29, 1.82) is 0 Å². The second-order valence-electron chi connectivity index (χ2n) is 5.91. The second-order valence-corrected chi connectivity index (χ2v) is 5.91. The van der Waals surface area contributed by atoms with Gasteiger partial charge in [0, 0.05) is 38.8 Å². The molecule has 1 fully saturated rings. The third kappa shape index (κ3) is 3.92. The molecule has 1 aromatic carbocycles. The standard InChI is InChI=1S/C17H18N4O4/c22-16-15(10-14(11-18-16)21(24)25)17(23)20-8-6-19(7-9-20)12-13-4-2-1-3-5-13/h1-5,10-11H,6-9,12H2,(H,18,22). The van der Waals surface area contributed by atoms with E-state index in [1.807, 2.05) is 18.2 Å². The van der Waals surface area contributed by atoms with Crippen LogP contribution in [0.3, 0.4) is 0 Å². The summed E-state index contributed by atoms with van der Waals surface area (Å²) in [6.45, 7) is 3.14. The minimum Gasteiger partial charge on any atom is -0.336 e. The molecule has 0 aliphatic carbocycles. The Bertz CT molecular complexity index is 826. The van der Waals surface area contributed by atoms with Crippen molar-refractivity contribution < 1.29 is 9.72 Å². The molecule has 2 aromatic rings. The van der Waals surface area contributed by atoms with Crippen LogP contribution in [0.5, 0.6) is 0 Å². The maximum absolute atomic E-state index is 12.5. The highest BCUT2D eigenvalue weighted by atomic mass is 16.6. The van der Waals surface area contributed by atoms with Crippen LogP contribution in [-0.4, -0.2) is 51.8 Å². The van der Waals surface area contributed by atoms with Gasteiger partial charge in [-0.1, -0.05) is 30.3 Å². The van der Waals surface area contributed by atoms with E-state index in [4.69, 9.17) is 0 Å². The molecule has 25 heavy (non-hydrogen) atoms. The van der Waals surface area contributed by atoms with Crippen LogP contribution in [0.2, 0.25) is 0 Å². The number of amides is 1. The van der Waals surface area contributed by atoms with Crippen LogP contribution < -0.4 is 5.56 Å². The van der Waals surface area contributed by atoms with E-state index in [0.29, 0.717) is 26.2 Å². The number of nitro groups is 1. The molecule has 0 atom stereocenters. The average Bonchev–Trinajstić information content (AvgIpc) is 2.63. The number of nitrogens with zero attached hydrogens (tertiary/aromatic N) is 3. The minimum absolute atomic E-state index is 0.189. The van der Waals surface area contributed by atoms with Gasteiger partial charge in [-0.15, -0.1) is 0 Å². The Morgan fingerprint density at radius 2 is 1.84 bits per heavy atom. The van der Waals surface area contributed by atoms with E-state index >= 15 is 0 Å². The number of pyridine rings is 1. The van der Waals surface area contributed by atoms with E-state index in [0.717, 1.165) is 18.8 Å². The first-order valence-corrected chi connectivity index (χ1v) is 7.97. The Kier molecular flexibility index (Phi) is 4.90. The number of rotatable bonds is 4. The van der Waals surface area contributed by atoms with E-state index < -0.39 is 16.4 Å². The van der Waals surface area contributed by atoms with E-state index in [2.05, 4.69) is 22.0 Å². The van der Waals surface area contributed by atoms with Crippen LogP contribution in [0.1, 0.15) is 15.9 Å². The summed E-state index contributed by atoms with van der Waals surface area (Å²) in [6.07, 6.45) is 0.997. The van der Waals surface area contributed by atoms with Gasteiger partial charge in [-0.25, -0.2) is 0 Å². The number of aromatic amines is 1. The van der Waals surface area contributed by atoms with Gasteiger partial charge in [-0.3, -0.25) is 24.6 Å². The summed E-state index contributed by atoms with van der Waals surface area (Å²) in [5.74, 6) is -0.468. The van der Waals surface area contributed by atoms with Gasteiger partial charge in [0.25, 0.3) is 17.2 Å². The molecule has 130 valence electrons. The van der Waals surface area contributed by atoms with Crippen molar-refractivity contribution >= 4 is 11.6 Å². The average molecular weight is 342 g/mol. The fraction of sp³-hybridized carbons (Fsp3) is 0.294. The molecule has 8 nitrogen and oxygen atoms in total. The Labute approximate surface area is 143 Å². The highest BCUT2D eigenvalue weighted by Crippen LogP contribution is 2.13. The maximum atomic E-state index is 12.5. The first-order valence-electron chi connectivity index (χ1n) is 7.97. The molecule has 0 unspecified atom stereocenters. The van der Waals surface area contributed by atoms with Crippen LogP contribution in [-0.2, 0) is 6.54 Å². The van der Waals surface area contributed by atoms with E-state index in [9.17, 15) is 19.7 Å². The highest BCUT2D eigenvalue weighted by molar-refractivity contribution is 5.94. The number of H-pyrrole nitrogens is 1. The van der Waals surface area contributed by atoms with E-state index in [-0.39, 0.29) is 11.3 Å². The lowest BCUT2D eigenvalue weighted by molar-refractivity contribution is -0.385. The summed E-state index contributed by atoms with van der Waals surface area (Å²) in [5.41, 5.74) is 0.107. The number of benzene rings is 1. The number of nitrogens with one attached hydrogen (secondary N) is 1. The molecule has 1 N–H and O–H groups in total. The quantitative estimate of drug-likeness (QED) is 0.666. The number of piperazine rings is 1. The van der Waals surface area contributed by atoms with Gasteiger partial charge < -0.3 is 9.88 Å². The zero-order chi connectivity index (χ0) is 17.8. The SMILES string of the molecule is O=C(c1cc([N+](=O)[O-])c[nH]c1=O)N1CCN(Cc2ccccc2)CC1. The Balaban J connectivity index is 1.65. The zero-order valence-electron chi connectivity index (χ0n) is 13.6. The predicted octanol–water partition coefficient (Wildman–Crippen LogP) is 1.24. The normalized spacial score (nSPS) is 15.1. The Morgan fingerprint density at radius 3 is 2.48 bits per heavy atom. The number of aromatic nitrogens is 1. The highest BCUT2D eigenvalue weighted by Gasteiger charge is 2.25. The van der Waals surface area contributed by atoms with Crippen molar-refractivity contribution in [3.63, 3.8) is 0 Å². The molecular weight excluding hydrogens is 324 g/mol. The van der Waals surface area contributed by atoms with E-state index in [1.165, 1.54) is 5.56 Å². The second kappa shape index (κ2) is 7.27. The fourth-order valence-electron chi connectivity index (χ4n) is 2.86. The van der Waals surface area contributed by atoms with Crippen molar-refractivity contribution in [3.8, 4) is 0 Å². The monoisotopic (exact) mass is 342 g/mol. The number of hydrogen-bond acceptors (Lipinski definition) is 5. The number of carbonyl (C=O) groups is 1. The van der Waals surface area contributed by atoms with Crippen molar-refractivity contribution in [2.24, 2.45) is 0 Å².